The average Bonchev–Trinajstić information content (AvgIpc) is 2.96. The number of nitrogens with zero attached hydrogens (tertiary/aromatic N) is 2. The fraction of sp³-hybridized carbons (Fsp3) is 0.444. The van der Waals surface area contributed by atoms with Gasteiger partial charge in [0.1, 0.15) is 11.6 Å². The molecular formula is C18H21FN2O2. The second-order valence-electron chi connectivity index (χ2n) is 6.54. The van der Waals surface area contributed by atoms with Crippen LogP contribution in [0.5, 0.6) is 0 Å². The van der Waals surface area contributed by atoms with E-state index in [2.05, 4.69) is 11.9 Å². The largest absolute Gasteiger partial charge is 0.445 e. The van der Waals surface area contributed by atoms with Crippen LogP contribution in [-0.2, 0) is 16.6 Å². The normalized spacial score (nSPS) is 21.4. The zero-order chi connectivity index (χ0) is 16.4. The van der Waals surface area contributed by atoms with Crippen LogP contribution >= 0.6 is 0 Å². The Morgan fingerprint density at radius 3 is 3.04 bits per heavy atom. The summed E-state index contributed by atoms with van der Waals surface area (Å²) in [6.07, 6.45) is 4.10. The monoisotopic (exact) mass is 316 g/mol. The minimum absolute atomic E-state index is 0.0856. The molecule has 0 aliphatic carbocycles. The van der Waals surface area contributed by atoms with Crippen LogP contribution in [-0.4, -0.2) is 28.9 Å². The molecular weight excluding hydrogens is 295 g/mol. The zero-order valence-corrected chi connectivity index (χ0v) is 13.5. The molecule has 5 heteroatoms. The lowest BCUT2D eigenvalue weighted by Crippen LogP contribution is -2.46. The molecule has 1 aliphatic heterocycles. The summed E-state index contributed by atoms with van der Waals surface area (Å²) in [5.74, 6) is 1.21. The molecule has 1 aromatic carbocycles. The maximum Gasteiger partial charge on any atom is 0.219 e. The van der Waals surface area contributed by atoms with Crippen molar-refractivity contribution in [2.45, 2.75) is 38.5 Å². The Morgan fingerprint density at radius 2 is 2.30 bits per heavy atom. The number of benzene rings is 1. The lowest BCUT2D eigenvalue weighted by molar-refractivity contribution is -0.131. The van der Waals surface area contributed by atoms with Crippen LogP contribution in [0, 0.1) is 5.82 Å². The van der Waals surface area contributed by atoms with E-state index in [4.69, 9.17) is 4.42 Å². The third-order valence-corrected chi connectivity index (χ3v) is 4.48. The van der Waals surface area contributed by atoms with Gasteiger partial charge in [0.2, 0.25) is 11.8 Å². The second kappa shape index (κ2) is 6.14. The maximum atomic E-state index is 13.3. The van der Waals surface area contributed by atoms with Gasteiger partial charge in [0.25, 0.3) is 0 Å². The number of aromatic nitrogens is 1. The standard InChI is InChI=1S/C18H21FN2O2/c1-13(22)21-8-4-7-18(2,12-21)17-20-11-16(23-17)10-14-5-3-6-15(19)9-14/h3,5-6,9,11H,4,7-8,10,12H2,1-2H3/t18-/m1/s1. The van der Waals surface area contributed by atoms with E-state index in [1.165, 1.54) is 12.1 Å². The van der Waals surface area contributed by atoms with Gasteiger partial charge >= 0.3 is 0 Å². The summed E-state index contributed by atoms with van der Waals surface area (Å²) in [4.78, 5) is 17.9. The van der Waals surface area contributed by atoms with Crippen molar-refractivity contribution in [1.29, 1.82) is 0 Å². The number of carbonyl (C=O) groups is 1. The summed E-state index contributed by atoms with van der Waals surface area (Å²) in [5.41, 5.74) is 0.594. The lowest BCUT2D eigenvalue weighted by Gasteiger charge is -2.37. The van der Waals surface area contributed by atoms with Crippen molar-refractivity contribution in [3.8, 4) is 0 Å². The number of oxazole rings is 1. The third-order valence-electron chi connectivity index (χ3n) is 4.48. The number of likely N-dealkylation sites (tertiary alicyclic amines) is 1. The fourth-order valence-electron chi connectivity index (χ4n) is 3.20. The molecule has 0 unspecified atom stereocenters. The summed E-state index contributed by atoms with van der Waals surface area (Å²) in [7, 11) is 0. The molecule has 1 atom stereocenters. The predicted octanol–water partition coefficient (Wildman–Crippen LogP) is 3.30. The van der Waals surface area contributed by atoms with Crippen LogP contribution in [0.4, 0.5) is 4.39 Å². The summed E-state index contributed by atoms with van der Waals surface area (Å²) < 4.78 is 19.2. The van der Waals surface area contributed by atoms with Gasteiger partial charge in [-0.3, -0.25) is 4.79 Å². The molecule has 0 spiro atoms. The van der Waals surface area contributed by atoms with Gasteiger partial charge in [0.15, 0.2) is 0 Å². The number of piperidine rings is 1. The Balaban J connectivity index is 1.77. The van der Waals surface area contributed by atoms with Crippen molar-refractivity contribution < 1.29 is 13.6 Å². The number of hydrogen-bond donors (Lipinski definition) is 0. The molecule has 1 aromatic heterocycles. The first-order valence-electron chi connectivity index (χ1n) is 7.91. The molecule has 3 rings (SSSR count). The second-order valence-corrected chi connectivity index (χ2v) is 6.54. The van der Waals surface area contributed by atoms with Gasteiger partial charge in [0.05, 0.1) is 11.6 Å². The minimum atomic E-state index is -0.260. The maximum absolute atomic E-state index is 13.3. The molecule has 1 amide bonds. The number of amides is 1. The zero-order valence-electron chi connectivity index (χ0n) is 13.5. The predicted molar refractivity (Wildman–Crippen MR) is 84.5 cm³/mol. The Bertz CT molecular complexity index is 713. The highest BCUT2D eigenvalue weighted by Gasteiger charge is 2.37. The van der Waals surface area contributed by atoms with Gasteiger partial charge in [-0.25, -0.2) is 9.37 Å². The van der Waals surface area contributed by atoms with E-state index in [9.17, 15) is 9.18 Å². The molecule has 2 aromatic rings. The number of rotatable bonds is 3. The van der Waals surface area contributed by atoms with Crippen molar-refractivity contribution in [2.24, 2.45) is 0 Å². The molecule has 0 radical (unpaired) electrons. The van der Waals surface area contributed by atoms with Crippen LogP contribution in [0.25, 0.3) is 0 Å². The molecule has 1 aliphatic rings. The third kappa shape index (κ3) is 3.44. The fourth-order valence-corrected chi connectivity index (χ4v) is 3.20. The molecule has 23 heavy (non-hydrogen) atoms. The van der Waals surface area contributed by atoms with Crippen molar-refractivity contribution in [3.05, 3.63) is 53.5 Å². The van der Waals surface area contributed by atoms with E-state index >= 15 is 0 Å². The van der Waals surface area contributed by atoms with Crippen LogP contribution in [0.2, 0.25) is 0 Å². The molecule has 0 bridgehead atoms. The minimum Gasteiger partial charge on any atom is -0.445 e. The van der Waals surface area contributed by atoms with E-state index in [1.54, 1.807) is 19.2 Å². The lowest BCUT2D eigenvalue weighted by atomic mass is 9.81. The van der Waals surface area contributed by atoms with E-state index < -0.39 is 0 Å². The van der Waals surface area contributed by atoms with E-state index in [0.29, 0.717) is 24.6 Å². The first-order valence-corrected chi connectivity index (χ1v) is 7.91. The molecule has 0 N–H and O–H groups in total. The first kappa shape index (κ1) is 15.7. The van der Waals surface area contributed by atoms with Gasteiger partial charge in [0, 0.05) is 26.4 Å². The number of hydrogen-bond acceptors (Lipinski definition) is 3. The molecule has 4 nitrogen and oxygen atoms in total. The molecule has 1 saturated heterocycles. The van der Waals surface area contributed by atoms with Gasteiger partial charge < -0.3 is 9.32 Å². The Morgan fingerprint density at radius 1 is 1.48 bits per heavy atom. The van der Waals surface area contributed by atoms with Crippen LogP contribution in [0.3, 0.4) is 0 Å². The van der Waals surface area contributed by atoms with Gasteiger partial charge in [-0.2, -0.15) is 0 Å². The molecule has 2 heterocycles. The average molecular weight is 316 g/mol. The quantitative estimate of drug-likeness (QED) is 0.873. The Kier molecular flexibility index (Phi) is 4.20. The van der Waals surface area contributed by atoms with Crippen LogP contribution in [0.15, 0.2) is 34.9 Å². The van der Waals surface area contributed by atoms with Crippen molar-refractivity contribution in [3.63, 3.8) is 0 Å². The number of halogens is 1. The van der Waals surface area contributed by atoms with Crippen molar-refractivity contribution >= 4 is 5.91 Å². The summed E-state index contributed by atoms with van der Waals surface area (Å²) in [6.45, 7) is 5.10. The van der Waals surface area contributed by atoms with E-state index in [0.717, 1.165) is 24.9 Å². The summed E-state index contributed by atoms with van der Waals surface area (Å²) in [6, 6.07) is 6.48. The van der Waals surface area contributed by atoms with E-state index in [-0.39, 0.29) is 17.1 Å². The van der Waals surface area contributed by atoms with Crippen LogP contribution < -0.4 is 0 Å². The SMILES string of the molecule is CC(=O)N1CCC[C@@](C)(c2ncc(Cc3cccc(F)c3)o2)C1. The first-order chi connectivity index (χ1) is 11.0. The molecule has 1 fully saturated rings. The summed E-state index contributed by atoms with van der Waals surface area (Å²) >= 11 is 0. The van der Waals surface area contributed by atoms with Gasteiger partial charge in [-0.1, -0.05) is 12.1 Å². The van der Waals surface area contributed by atoms with Gasteiger partial charge in [-0.15, -0.1) is 0 Å². The number of carbonyl (C=O) groups excluding carboxylic acids is 1. The van der Waals surface area contributed by atoms with Gasteiger partial charge in [-0.05, 0) is 37.5 Å². The highest BCUT2D eigenvalue weighted by Crippen LogP contribution is 2.33. The Hall–Kier alpha value is -2.17. The van der Waals surface area contributed by atoms with E-state index in [1.807, 2.05) is 11.0 Å². The molecule has 122 valence electrons. The van der Waals surface area contributed by atoms with Crippen molar-refractivity contribution in [1.82, 2.24) is 9.88 Å². The topological polar surface area (TPSA) is 46.3 Å². The smallest absolute Gasteiger partial charge is 0.219 e. The summed E-state index contributed by atoms with van der Waals surface area (Å²) in [5, 5.41) is 0. The van der Waals surface area contributed by atoms with Crippen LogP contribution in [0.1, 0.15) is 43.9 Å². The molecule has 0 saturated carbocycles. The van der Waals surface area contributed by atoms with Crippen molar-refractivity contribution in [2.75, 3.05) is 13.1 Å². The highest BCUT2D eigenvalue weighted by atomic mass is 19.1. The Labute approximate surface area is 135 Å². The highest BCUT2D eigenvalue weighted by molar-refractivity contribution is 5.73.